The van der Waals surface area contributed by atoms with Crippen molar-refractivity contribution in [2.24, 2.45) is 0 Å². The Hall–Kier alpha value is -2.19. The number of nitrogens with one attached hydrogen (secondary N) is 1. The number of benzene rings is 2. The van der Waals surface area contributed by atoms with Gasteiger partial charge in [-0.1, -0.05) is 23.5 Å². The average molecular weight is 366 g/mol. The van der Waals surface area contributed by atoms with Crippen LogP contribution >= 0.6 is 11.3 Å². The molecule has 0 aliphatic heterocycles. The van der Waals surface area contributed by atoms with Crippen molar-refractivity contribution >= 4 is 37.3 Å². The van der Waals surface area contributed by atoms with Gasteiger partial charge in [-0.05, 0) is 44.2 Å². The summed E-state index contributed by atoms with van der Waals surface area (Å²) in [4.78, 5) is 11.9. The fourth-order valence-corrected chi connectivity index (χ4v) is 4.64. The SMILES string of the molecule is CC(C)n1c(=O)sc2cc(S(=O)(=O)Nc3ccccc3F)ccc21. The minimum absolute atomic E-state index is 0.0181. The van der Waals surface area contributed by atoms with E-state index < -0.39 is 15.8 Å². The predicted octanol–water partition coefficient (Wildman–Crippen LogP) is 3.58. The Morgan fingerprint density at radius 2 is 1.88 bits per heavy atom. The van der Waals surface area contributed by atoms with Gasteiger partial charge in [-0.3, -0.25) is 14.1 Å². The molecule has 1 aromatic heterocycles. The van der Waals surface area contributed by atoms with Crippen molar-refractivity contribution in [1.82, 2.24) is 4.57 Å². The van der Waals surface area contributed by atoms with Gasteiger partial charge in [0.05, 0.1) is 20.8 Å². The highest BCUT2D eigenvalue weighted by molar-refractivity contribution is 7.92. The number of aromatic nitrogens is 1. The highest BCUT2D eigenvalue weighted by atomic mass is 32.2. The van der Waals surface area contributed by atoms with Crippen LogP contribution in [0.2, 0.25) is 0 Å². The van der Waals surface area contributed by atoms with Gasteiger partial charge < -0.3 is 0 Å². The van der Waals surface area contributed by atoms with Gasteiger partial charge in [-0.2, -0.15) is 0 Å². The van der Waals surface area contributed by atoms with Gasteiger partial charge >= 0.3 is 4.87 Å². The van der Waals surface area contributed by atoms with Gasteiger partial charge in [0.2, 0.25) is 0 Å². The van der Waals surface area contributed by atoms with Crippen molar-refractivity contribution in [1.29, 1.82) is 0 Å². The van der Waals surface area contributed by atoms with Crippen molar-refractivity contribution in [3.05, 3.63) is 57.9 Å². The number of sulfonamides is 1. The Bertz CT molecular complexity index is 1070. The van der Waals surface area contributed by atoms with E-state index in [1.165, 1.54) is 30.3 Å². The number of nitrogens with zero attached hydrogens (tertiary/aromatic N) is 1. The van der Waals surface area contributed by atoms with Crippen LogP contribution < -0.4 is 9.60 Å². The molecule has 0 bridgehead atoms. The fraction of sp³-hybridized carbons (Fsp3) is 0.188. The minimum Gasteiger partial charge on any atom is -0.296 e. The number of anilines is 1. The first kappa shape index (κ1) is 16.7. The van der Waals surface area contributed by atoms with E-state index in [9.17, 15) is 17.6 Å². The zero-order valence-corrected chi connectivity index (χ0v) is 14.6. The second kappa shape index (κ2) is 6.03. The lowest BCUT2D eigenvalue weighted by molar-refractivity contribution is 0.598. The molecule has 1 N–H and O–H groups in total. The second-order valence-corrected chi connectivity index (χ2v) is 8.22. The molecule has 2 aromatic carbocycles. The third kappa shape index (κ3) is 2.94. The highest BCUT2D eigenvalue weighted by Gasteiger charge is 2.19. The number of rotatable bonds is 4. The molecule has 0 aliphatic carbocycles. The quantitative estimate of drug-likeness (QED) is 0.767. The van der Waals surface area contributed by atoms with Crippen molar-refractivity contribution < 1.29 is 12.8 Å². The van der Waals surface area contributed by atoms with Gasteiger partial charge in [0.1, 0.15) is 5.82 Å². The Morgan fingerprint density at radius 3 is 2.54 bits per heavy atom. The molecule has 1 heterocycles. The highest BCUT2D eigenvalue weighted by Crippen LogP contribution is 2.25. The topological polar surface area (TPSA) is 68.2 Å². The monoisotopic (exact) mass is 366 g/mol. The molecule has 8 heteroatoms. The lowest BCUT2D eigenvalue weighted by Gasteiger charge is -2.10. The Balaban J connectivity index is 2.06. The van der Waals surface area contributed by atoms with Crippen LogP contribution in [0.15, 0.2) is 52.2 Å². The van der Waals surface area contributed by atoms with Gasteiger partial charge in [-0.15, -0.1) is 0 Å². The molecule has 0 fully saturated rings. The summed E-state index contributed by atoms with van der Waals surface area (Å²) in [5.41, 5.74) is 0.565. The van der Waals surface area contributed by atoms with Gasteiger partial charge in [0.15, 0.2) is 0 Å². The number of fused-ring (bicyclic) bond motifs is 1. The summed E-state index contributed by atoms with van der Waals surface area (Å²) >= 11 is 0.988. The van der Waals surface area contributed by atoms with Crippen molar-refractivity contribution in [2.45, 2.75) is 24.8 Å². The van der Waals surface area contributed by atoms with E-state index in [0.29, 0.717) is 10.2 Å². The molecular weight excluding hydrogens is 351 g/mol. The van der Waals surface area contributed by atoms with E-state index in [1.54, 1.807) is 16.7 Å². The van der Waals surface area contributed by atoms with E-state index in [1.807, 2.05) is 13.8 Å². The van der Waals surface area contributed by atoms with E-state index in [4.69, 9.17) is 0 Å². The summed E-state index contributed by atoms with van der Waals surface area (Å²) < 4.78 is 43.0. The van der Waals surface area contributed by atoms with Crippen LogP contribution in [0.5, 0.6) is 0 Å². The fourth-order valence-electron chi connectivity index (χ4n) is 2.42. The summed E-state index contributed by atoms with van der Waals surface area (Å²) in [6.07, 6.45) is 0. The molecule has 24 heavy (non-hydrogen) atoms. The molecule has 0 saturated heterocycles. The number of halogens is 1. The van der Waals surface area contributed by atoms with Crippen LogP contribution in [0, 0.1) is 5.82 Å². The van der Waals surface area contributed by atoms with Gasteiger partial charge in [-0.25, -0.2) is 12.8 Å². The Morgan fingerprint density at radius 1 is 1.17 bits per heavy atom. The van der Waals surface area contributed by atoms with E-state index in [-0.39, 0.29) is 21.5 Å². The third-order valence-electron chi connectivity index (χ3n) is 3.53. The van der Waals surface area contributed by atoms with Crippen LogP contribution in [0.1, 0.15) is 19.9 Å². The van der Waals surface area contributed by atoms with Gasteiger partial charge in [0, 0.05) is 6.04 Å². The molecule has 0 radical (unpaired) electrons. The maximum absolute atomic E-state index is 13.7. The summed E-state index contributed by atoms with van der Waals surface area (Å²) in [5.74, 6) is -0.655. The first-order chi connectivity index (χ1) is 11.3. The Kier molecular flexibility index (Phi) is 4.18. The smallest absolute Gasteiger partial charge is 0.296 e. The second-order valence-electron chi connectivity index (χ2n) is 5.55. The zero-order chi connectivity index (χ0) is 17.5. The predicted molar refractivity (Wildman–Crippen MR) is 93.7 cm³/mol. The van der Waals surface area contributed by atoms with Crippen LogP contribution in [0.25, 0.3) is 10.2 Å². The van der Waals surface area contributed by atoms with Crippen LogP contribution in [-0.2, 0) is 10.0 Å². The van der Waals surface area contributed by atoms with Gasteiger partial charge in [0.25, 0.3) is 10.0 Å². The normalized spacial score (nSPS) is 12.0. The first-order valence-electron chi connectivity index (χ1n) is 7.22. The number of thiazole rings is 1. The van der Waals surface area contributed by atoms with Crippen LogP contribution in [0.3, 0.4) is 0 Å². The maximum atomic E-state index is 13.7. The lowest BCUT2D eigenvalue weighted by atomic mass is 10.3. The number of hydrogen-bond acceptors (Lipinski definition) is 4. The van der Waals surface area contributed by atoms with E-state index >= 15 is 0 Å². The average Bonchev–Trinajstić information content (AvgIpc) is 2.84. The van der Waals surface area contributed by atoms with Crippen LogP contribution in [-0.4, -0.2) is 13.0 Å². The molecule has 0 aliphatic rings. The molecule has 5 nitrogen and oxygen atoms in total. The van der Waals surface area contributed by atoms with Crippen molar-refractivity contribution in [3.8, 4) is 0 Å². The summed E-state index contributed by atoms with van der Waals surface area (Å²) in [6.45, 7) is 3.77. The molecule has 0 unspecified atom stereocenters. The molecule has 3 rings (SSSR count). The Labute approximate surface area is 142 Å². The summed E-state index contributed by atoms with van der Waals surface area (Å²) in [6, 6.07) is 9.96. The van der Waals surface area contributed by atoms with E-state index in [0.717, 1.165) is 11.3 Å². The standard InChI is InChI=1S/C16H15FN2O3S2/c1-10(2)19-14-8-7-11(9-15(14)23-16(19)20)24(21,22)18-13-6-4-3-5-12(13)17/h3-10,18H,1-2H3. The number of hydrogen-bond donors (Lipinski definition) is 1. The van der Waals surface area contributed by atoms with Crippen LogP contribution in [0.4, 0.5) is 10.1 Å². The number of para-hydroxylation sites is 1. The molecule has 3 aromatic rings. The van der Waals surface area contributed by atoms with Crippen molar-refractivity contribution in [3.63, 3.8) is 0 Å². The molecule has 0 amide bonds. The molecule has 0 saturated carbocycles. The summed E-state index contributed by atoms with van der Waals surface area (Å²) in [5, 5.41) is 0. The zero-order valence-electron chi connectivity index (χ0n) is 13.0. The molecule has 0 atom stereocenters. The van der Waals surface area contributed by atoms with Crippen molar-refractivity contribution in [2.75, 3.05) is 4.72 Å². The molecule has 126 valence electrons. The third-order valence-corrected chi connectivity index (χ3v) is 5.81. The van der Waals surface area contributed by atoms with E-state index in [2.05, 4.69) is 4.72 Å². The molecular formula is C16H15FN2O3S2. The summed E-state index contributed by atoms with van der Waals surface area (Å²) in [7, 11) is -3.95. The first-order valence-corrected chi connectivity index (χ1v) is 9.52. The lowest BCUT2D eigenvalue weighted by Crippen LogP contribution is -2.15. The minimum atomic E-state index is -3.95. The largest absolute Gasteiger partial charge is 0.308 e. The molecule has 0 spiro atoms. The maximum Gasteiger partial charge on any atom is 0.308 e.